The predicted molar refractivity (Wildman–Crippen MR) is 141 cm³/mol. The van der Waals surface area contributed by atoms with E-state index in [2.05, 4.69) is 20.6 Å². The Morgan fingerprint density at radius 3 is 2.47 bits per heavy atom. The lowest BCUT2D eigenvalue weighted by Gasteiger charge is -2.37. The number of carbonyl (C=O) groups excluding carboxylic acids is 1. The summed E-state index contributed by atoms with van der Waals surface area (Å²) in [7, 11) is 0. The van der Waals surface area contributed by atoms with Gasteiger partial charge in [0.1, 0.15) is 0 Å². The molecule has 1 amide bonds. The van der Waals surface area contributed by atoms with Gasteiger partial charge in [-0.15, -0.1) is 10.2 Å². The Morgan fingerprint density at radius 2 is 1.79 bits per heavy atom. The first-order valence-corrected chi connectivity index (χ1v) is 12.9. The Bertz CT molecular complexity index is 1420. The SMILES string of the molecule is CCOC(=O)N(Cc1ccc2nc(-c3ccc(-c4nn[nH]n4)cc3)ccc2c1)CC1(C(=O)O)CCCCC1. The van der Waals surface area contributed by atoms with Crippen molar-refractivity contribution in [2.24, 2.45) is 5.41 Å². The Balaban J connectivity index is 1.36. The number of aromatic amines is 1. The normalized spacial score (nSPS) is 14.8. The van der Waals surface area contributed by atoms with Crippen LogP contribution in [0, 0.1) is 5.41 Å². The van der Waals surface area contributed by atoms with Crippen LogP contribution in [0.25, 0.3) is 33.5 Å². The van der Waals surface area contributed by atoms with E-state index in [1.807, 2.05) is 54.6 Å². The number of fused-ring (bicyclic) bond motifs is 1. The average molecular weight is 515 g/mol. The first kappa shape index (κ1) is 25.3. The van der Waals surface area contributed by atoms with E-state index in [0.717, 1.165) is 52.5 Å². The number of nitrogens with one attached hydrogen (secondary N) is 1. The van der Waals surface area contributed by atoms with Crippen LogP contribution in [0.1, 0.15) is 44.6 Å². The van der Waals surface area contributed by atoms with E-state index in [1.54, 1.807) is 6.92 Å². The van der Waals surface area contributed by atoms with E-state index in [9.17, 15) is 14.7 Å². The van der Waals surface area contributed by atoms with Crippen molar-refractivity contribution >= 4 is 23.0 Å². The number of pyridine rings is 1. The molecule has 0 atom stereocenters. The molecule has 2 aromatic carbocycles. The number of hydrogen-bond acceptors (Lipinski definition) is 7. The van der Waals surface area contributed by atoms with Gasteiger partial charge >= 0.3 is 12.1 Å². The molecule has 1 fully saturated rings. The zero-order chi connectivity index (χ0) is 26.5. The van der Waals surface area contributed by atoms with Crippen LogP contribution in [0.15, 0.2) is 54.6 Å². The van der Waals surface area contributed by atoms with E-state index in [0.29, 0.717) is 18.7 Å². The summed E-state index contributed by atoms with van der Waals surface area (Å²) >= 11 is 0. The van der Waals surface area contributed by atoms with Gasteiger partial charge in [0.2, 0.25) is 5.82 Å². The second-order valence-corrected chi connectivity index (χ2v) is 9.74. The Morgan fingerprint density at radius 1 is 1.03 bits per heavy atom. The first-order valence-electron chi connectivity index (χ1n) is 12.9. The Labute approximate surface area is 220 Å². The number of amides is 1. The maximum atomic E-state index is 12.8. The summed E-state index contributed by atoms with van der Waals surface area (Å²) in [5.41, 5.74) is 3.43. The zero-order valence-electron chi connectivity index (χ0n) is 21.3. The Kier molecular flexibility index (Phi) is 7.30. The highest BCUT2D eigenvalue weighted by Crippen LogP contribution is 2.38. The summed E-state index contributed by atoms with van der Waals surface area (Å²) in [5, 5.41) is 25.0. The Hall–Kier alpha value is -4.34. The minimum Gasteiger partial charge on any atom is -0.481 e. The number of nitrogens with zero attached hydrogens (tertiary/aromatic N) is 5. The lowest BCUT2D eigenvalue weighted by atomic mass is 9.73. The second kappa shape index (κ2) is 11.0. The van der Waals surface area contributed by atoms with Crippen LogP contribution in [0.2, 0.25) is 0 Å². The van der Waals surface area contributed by atoms with Crippen LogP contribution < -0.4 is 0 Å². The number of hydrogen-bond donors (Lipinski definition) is 2. The summed E-state index contributed by atoms with van der Waals surface area (Å²) in [6, 6.07) is 17.6. The molecular formula is C28H30N6O4. The fourth-order valence-electron chi connectivity index (χ4n) is 5.16. The van der Waals surface area contributed by atoms with Crippen molar-refractivity contribution in [3.05, 3.63) is 60.2 Å². The molecule has 5 rings (SSSR count). The number of carboxylic acids is 1. The molecule has 0 radical (unpaired) electrons. The molecule has 1 aliphatic rings. The van der Waals surface area contributed by atoms with Gasteiger partial charge in [-0.05, 0) is 48.7 Å². The summed E-state index contributed by atoms with van der Waals surface area (Å²) < 4.78 is 5.30. The maximum absolute atomic E-state index is 12.8. The third-order valence-corrected chi connectivity index (χ3v) is 7.20. The summed E-state index contributed by atoms with van der Waals surface area (Å²) in [6.45, 7) is 2.39. The number of carboxylic acid groups (broad SMARTS) is 1. The monoisotopic (exact) mass is 514 g/mol. The molecule has 0 aliphatic heterocycles. The highest BCUT2D eigenvalue weighted by atomic mass is 16.6. The topological polar surface area (TPSA) is 134 Å². The number of ether oxygens (including phenoxy) is 1. The van der Waals surface area contributed by atoms with Crippen molar-refractivity contribution in [2.45, 2.75) is 45.6 Å². The van der Waals surface area contributed by atoms with E-state index in [1.165, 1.54) is 4.90 Å². The van der Waals surface area contributed by atoms with Crippen molar-refractivity contribution in [3.8, 4) is 22.6 Å². The molecule has 4 aromatic rings. The van der Waals surface area contributed by atoms with Crippen LogP contribution >= 0.6 is 0 Å². The number of aromatic nitrogens is 5. The molecule has 38 heavy (non-hydrogen) atoms. The average Bonchev–Trinajstić information content (AvgIpc) is 3.48. The van der Waals surface area contributed by atoms with Crippen LogP contribution in [0.3, 0.4) is 0 Å². The van der Waals surface area contributed by atoms with Gasteiger partial charge in [-0.25, -0.2) is 9.78 Å². The lowest BCUT2D eigenvalue weighted by Crippen LogP contribution is -2.46. The molecule has 1 saturated carbocycles. The predicted octanol–water partition coefficient (Wildman–Crippen LogP) is 5.08. The van der Waals surface area contributed by atoms with Gasteiger partial charge in [0.15, 0.2) is 0 Å². The van der Waals surface area contributed by atoms with Crippen molar-refractivity contribution in [1.82, 2.24) is 30.5 Å². The first-order chi connectivity index (χ1) is 18.5. The molecule has 0 saturated heterocycles. The largest absolute Gasteiger partial charge is 0.481 e. The van der Waals surface area contributed by atoms with Gasteiger partial charge in [-0.1, -0.05) is 55.7 Å². The number of aliphatic carboxylic acids is 1. The lowest BCUT2D eigenvalue weighted by molar-refractivity contribution is -0.152. The second-order valence-electron chi connectivity index (χ2n) is 9.74. The van der Waals surface area contributed by atoms with Crippen molar-refractivity contribution < 1.29 is 19.4 Å². The molecule has 2 N–H and O–H groups in total. The van der Waals surface area contributed by atoms with E-state index in [-0.39, 0.29) is 19.7 Å². The van der Waals surface area contributed by atoms with Gasteiger partial charge in [0.05, 0.1) is 23.2 Å². The van der Waals surface area contributed by atoms with Crippen LogP contribution in [0.5, 0.6) is 0 Å². The van der Waals surface area contributed by atoms with Crippen molar-refractivity contribution in [1.29, 1.82) is 0 Å². The molecule has 196 valence electrons. The molecular weight excluding hydrogens is 484 g/mol. The van der Waals surface area contributed by atoms with Crippen LogP contribution in [-0.4, -0.2) is 60.8 Å². The molecule has 0 spiro atoms. The quantitative estimate of drug-likeness (QED) is 0.333. The number of tetrazole rings is 1. The smallest absolute Gasteiger partial charge is 0.410 e. The number of rotatable bonds is 8. The van der Waals surface area contributed by atoms with Gasteiger partial charge in [-0.2, -0.15) is 5.21 Å². The molecule has 2 aromatic heterocycles. The highest BCUT2D eigenvalue weighted by molar-refractivity contribution is 5.82. The number of benzene rings is 2. The minimum atomic E-state index is -0.933. The molecule has 0 bridgehead atoms. The van der Waals surface area contributed by atoms with Gasteiger partial charge < -0.3 is 14.7 Å². The van der Waals surface area contributed by atoms with Crippen molar-refractivity contribution in [3.63, 3.8) is 0 Å². The van der Waals surface area contributed by atoms with E-state index >= 15 is 0 Å². The third kappa shape index (κ3) is 5.34. The van der Waals surface area contributed by atoms with Gasteiger partial charge in [-0.3, -0.25) is 4.79 Å². The number of carbonyl (C=O) groups is 2. The van der Waals surface area contributed by atoms with Crippen LogP contribution in [-0.2, 0) is 16.1 Å². The molecule has 10 nitrogen and oxygen atoms in total. The fourth-order valence-corrected chi connectivity index (χ4v) is 5.16. The zero-order valence-corrected chi connectivity index (χ0v) is 21.3. The van der Waals surface area contributed by atoms with Crippen molar-refractivity contribution in [2.75, 3.05) is 13.2 Å². The third-order valence-electron chi connectivity index (χ3n) is 7.20. The van der Waals surface area contributed by atoms with E-state index in [4.69, 9.17) is 9.72 Å². The summed E-state index contributed by atoms with van der Waals surface area (Å²) in [6.07, 6.45) is 3.38. The summed E-state index contributed by atoms with van der Waals surface area (Å²) in [4.78, 5) is 31.4. The van der Waals surface area contributed by atoms with Gasteiger partial charge in [0.25, 0.3) is 0 Å². The van der Waals surface area contributed by atoms with Crippen LogP contribution in [0.4, 0.5) is 4.79 Å². The molecule has 0 unspecified atom stereocenters. The highest BCUT2D eigenvalue weighted by Gasteiger charge is 2.42. The molecule has 2 heterocycles. The minimum absolute atomic E-state index is 0.135. The maximum Gasteiger partial charge on any atom is 0.410 e. The summed E-state index contributed by atoms with van der Waals surface area (Å²) in [5.74, 6) is -0.308. The fraction of sp³-hybridized carbons (Fsp3) is 0.357. The molecule has 10 heteroatoms. The van der Waals surface area contributed by atoms with E-state index < -0.39 is 17.5 Å². The van der Waals surface area contributed by atoms with Gasteiger partial charge in [0, 0.05) is 29.6 Å². The number of H-pyrrole nitrogens is 1. The standard InChI is InChI=1S/C28H30N6O4/c1-2-38-27(37)34(18-28(26(35)36)14-4-3-5-15-28)17-19-6-12-24-22(16-19)11-13-23(29-24)20-7-9-21(10-8-20)25-30-32-33-31-25/h6-13,16H,2-5,14-15,17-18H2,1H3,(H,35,36)(H,30,31,32,33). The molecule has 1 aliphatic carbocycles.